The molecule has 5 rings (SSSR count). The predicted octanol–water partition coefficient (Wildman–Crippen LogP) is 5.52. The van der Waals surface area contributed by atoms with Gasteiger partial charge in [0.15, 0.2) is 11.6 Å². The summed E-state index contributed by atoms with van der Waals surface area (Å²) in [5.74, 6) is -0.495. The number of aryl methyl sites for hydroxylation is 1. The summed E-state index contributed by atoms with van der Waals surface area (Å²) in [6.07, 6.45) is -6.09. The molecule has 0 radical (unpaired) electrons. The fourth-order valence-corrected chi connectivity index (χ4v) is 3.84. The minimum Gasteiger partial charge on any atom is -0.389 e. The number of aliphatic hydroxyl groups is 1. The van der Waals surface area contributed by atoms with E-state index in [9.17, 15) is 22.7 Å². The molecule has 0 spiro atoms. The van der Waals surface area contributed by atoms with Gasteiger partial charge in [-0.3, -0.25) is 4.57 Å². The van der Waals surface area contributed by atoms with Crippen molar-refractivity contribution >= 4 is 22.5 Å². The van der Waals surface area contributed by atoms with Gasteiger partial charge < -0.3 is 10.4 Å². The van der Waals surface area contributed by atoms with Crippen molar-refractivity contribution in [2.24, 2.45) is 0 Å². The summed E-state index contributed by atoms with van der Waals surface area (Å²) in [5.41, 5.74) is -0.170. The first-order valence-electron chi connectivity index (χ1n) is 11.2. The summed E-state index contributed by atoms with van der Waals surface area (Å²) in [4.78, 5) is 8.60. The van der Waals surface area contributed by atoms with Crippen molar-refractivity contribution in [1.82, 2.24) is 34.5 Å². The highest BCUT2D eigenvalue weighted by atomic mass is 19.3. The number of imidazole rings is 1. The molecular weight excluding hydrogens is 511 g/mol. The Hall–Kier alpha value is -4.46. The molecule has 1 atom stereocenters. The number of hydrogen-bond acceptors (Lipinski definition) is 7. The van der Waals surface area contributed by atoms with Gasteiger partial charge >= 0.3 is 0 Å². The average molecular weight is 530 g/mol. The number of hydrogen-bond donors (Lipinski definition) is 2. The largest absolute Gasteiger partial charge is 0.389 e. The zero-order chi connectivity index (χ0) is 27.1. The van der Waals surface area contributed by atoms with Crippen LogP contribution in [-0.2, 0) is 0 Å². The molecule has 0 saturated heterocycles. The van der Waals surface area contributed by atoms with Gasteiger partial charge in [-0.2, -0.15) is 10.2 Å². The molecule has 196 valence electrons. The molecule has 0 fully saturated rings. The molecular formula is C24H19F5N8O. The van der Waals surface area contributed by atoms with Gasteiger partial charge in [0.2, 0.25) is 0 Å². The molecule has 2 N–H and O–H groups in total. The Balaban J connectivity index is 1.60. The maximum absolute atomic E-state index is 15.0. The van der Waals surface area contributed by atoms with E-state index in [-0.39, 0.29) is 28.4 Å². The van der Waals surface area contributed by atoms with Gasteiger partial charge in [-0.05, 0) is 50.2 Å². The molecule has 4 aromatic heterocycles. The number of pyridine rings is 1. The first-order valence-corrected chi connectivity index (χ1v) is 11.2. The zero-order valence-electron chi connectivity index (χ0n) is 19.8. The van der Waals surface area contributed by atoms with Gasteiger partial charge in [0.1, 0.15) is 29.4 Å². The average Bonchev–Trinajstić information content (AvgIpc) is 3.50. The molecule has 0 bridgehead atoms. The van der Waals surface area contributed by atoms with E-state index >= 15 is 4.39 Å². The standard InChI is InChI=1S/C24H19F5N8O/c1-11-3-5-20(34-33-11)31-15-8-16-18(7-14(15)25)36(10-30-16)21-6-4-13(12(2)38)24(32-21)37-19(23(28)29)9-17(35-37)22(26)27/h3-10,12,22-23,38H,1-2H3,(H,31,34). The highest BCUT2D eigenvalue weighted by molar-refractivity contribution is 5.82. The molecule has 4 heterocycles. The number of halogens is 5. The summed E-state index contributed by atoms with van der Waals surface area (Å²) in [5, 5.41) is 24.5. The number of rotatable bonds is 7. The highest BCUT2D eigenvalue weighted by Crippen LogP contribution is 2.31. The second kappa shape index (κ2) is 9.78. The fourth-order valence-electron chi connectivity index (χ4n) is 3.84. The number of benzene rings is 1. The number of alkyl halides is 4. The Bertz CT molecular complexity index is 1610. The number of nitrogens with zero attached hydrogens (tertiary/aromatic N) is 7. The van der Waals surface area contributed by atoms with E-state index in [0.717, 1.165) is 0 Å². The molecule has 0 amide bonds. The van der Waals surface area contributed by atoms with Crippen LogP contribution in [-0.4, -0.2) is 39.6 Å². The van der Waals surface area contributed by atoms with Crippen LogP contribution in [0.5, 0.6) is 0 Å². The van der Waals surface area contributed by atoms with Crippen LogP contribution in [0.2, 0.25) is 0 Å². The van der Waals surface area contributed by atoms with Crippen molar-refractivity contribution in [3.05, 3.63) is 77.3 Å². The summed E-state index contributed by atoms with van der Waals surface area (Å²) in [6, 6.07) is 9.44. The summed E-state index contributed by atoms with van der Waals surface area (Å²) < 4.78 is 70.9. The number of aromatic nitrogens is 7. The smallest absolute Gasteiger partial charge is 0.282 e. The van der Waals surface area contributed by atoms with Crippen LogP contribution < -0.4 is 5.32 Å². The molecule has 0 aliphatic rings. The topological polar surface area (TPSA) is 107 Å². The van der Waals surface area contributed by atoms with Gasteiger partial charge in [0.05, 0.1) is 28.5 Å². The maximum Gasteiger partial charge on any atom is 0.282 e. The zero-order valence-corrected chi connectivity index (χ0v) is 19.8. The van der Waals surface area contributed by atoms with Crippen molar-refractivity contribution in [2.45, 2.75) is 32.8 Å². The molecule has 1 unspecified atom stereocenters. The third-order valence-corrected chi connectivity index (χ3v) is 5.69. The Morgan fingerprint density at radius 3 is 2.42 bits per heavy atom. The number of anilines is 2. The summed E-state index contributed by atoms with van der Waals surface area (Å²) in [7, 11) is 0. The van der Waals surface area contributed by atoms with E-state index in [2.05, 4.69) is 30.6 Å². The van der Waals surface area contributed by atoms with Crippen molar-refractivity contribution in [3.8, 4) is 11.6 Å². The normalized spacial score (nSPS) is 12.6. The van der Waals surface area contributed by atoms with E-state index in [4.69, 9.17) is 0 Å². The minimum atomic E-state index is -3.14. The molecule has 0 saturated carbocycles. The Labute approximate surface area is 211 Å². The van der Waals surface area contributed by atoms with Crippen LogP contribution in [0.15, 0.2) is 48.8 Å². The first kappa shape index (κ1) is 25.2. The molecule has 1 aromatic carbocycles. The highest BCUT2D eigenvalue weighted by Gasteiger charge is 2.25. The Morgan fingerprint density at radius 2 is 1.76 bits per heavy atom. The lowest BCUT2D eigenvalue weighted by atomic mass is 10.1. The molecule has 0 aliphatic carbocycles. The molecule has 38 heavy (non-hydrogen) atoms. The number of fused-ring (bicyclic) bond motifs is 1. The van der Waals surface area contributed by atoms with Crippen LogP contribution >= 0.6 is 0 Å². The molecule has 14 heteroatoms. The third kappa shape index (κ3) is 4.65. The van der Waals surface area contributed by atoms with Crippen molar-refractivity contribution in [1.29, 1.82) is 0 Å². The monoisotopic (exact) mass is 530 g/mol. The third-order valence-electron chi connectivity index (χ3n) is 5.69. The van der Waals surface area contributed by atoms with Crippen LogP contribution in [0.25, 0.3) is 22.7 Å². The van der Waals surface area contributed by atoms with Crippen LogP contribution in [0.4, 0.5) is 33.5 Å². The van der Waals surface area contributed by atoms with Crippen molar-refractivity contribution in [3.63, 3.8) is 0 Å². The molecule has 0 aliphatic heterocycles. The van der Waals surface area contributed by atoms with E-state index in [1.165, 1.54) is 42.1 Å². The number of aliphatic hydroxyl groups excluding tert-OH is 1. The summed E-state index contributed by atoms with van der Waals surface area (Å²) >= 11 is 0. The lowest BCUT2D eigenvalue weighted by molar-refractivity contribution is 0.142. The van der Waals surface area contributed by atoms with E-state index in [0.29, 0.717) is 27.8 Å². The quantitative estimate of drug-likeness (QED) is 0.267. The van der Waals surface area contributed by atoms with Gasteiger partial charge in [-0.25, -0.2) is 36.6 Å². The fraction of sp³-hybridized carbons (Fsp3) is 0.208. The van der Waals surface area contributed by atoms with E-state index in [1.54, 1.807) is 19.1 Å². The summed E-state index contributed by atoms with van der Waals surface area (Å²) in [6.45, 7) is 3.14. The SMILES string of the molecule is Cc1ccc(Nc2cc3ncn(-c4ccc(C(C)O)c(-n5nc(C(F)F)cc5C(F)F)n4)c3cc2F)nn1. The lowest BCUT2D eigenvalue weighted by Crippen LogP contribution is -2.12. The van der Waals surface area contributed by atoms with Crippen LogP contribution in [0.3, 0.4) is 0 Å². The maximum atomic E-state index is 15.0. The van der Waals surface area contributed by atoms with Gasteiger partial charge in [-0.1, -0.05) is 0 Å². The lowest BCUT2D eigenvalue weighted by Gasteiger charge is -2.15. The Kier molecular flexibility index (Phi) is 6.48. The first-order chi connectivity index (χ1) is 18.1. The van der Waals surface area contributed by atoms with E-state index in [1.807, 2.05) is 0 Å². The Morgan fingerprint density at radius 1 is 0.974 bits per heavy atom. The van der Waals surface area contributed by atoms with Crippen LogP contribution in [0.1, 0.15) is 48.5 Å². The van der Waals surface area contributed by atoms with Gasteiger partial charge in [-0.15, -0.1) is 5.10 Å². The molecule has 5 aromatic rings. The van der Waals surface area contributed by atoms with Gasteiger partial charge in [0, 0.05) is 11.6 Å². The second-order valence-corrected chi connectivity index (χ2v) is 8.39. The van der Waals surface area contributed by atoms with Crippen molar-refractivity contribution in [2.75, 3.05) is 5.32 Å². The second-order valence-electron chi connectivity index (χ2n) is 8.39. The van der Waals surface area contributed by atoms with Crippen molar-refractivity contribution < 1.29 is 27.1 Å². The van der Waals surface area contributed by atoms with Crippen LogP contribution in [0, 0.1) is 12.7 Å². The minimum absolute atomic E-state index is 0.0702. The van der Waals surface area contributed by atoms with E-state index < -0.39 is 36.2 Å². The number of nitrogens with one attached hydrogen (secondary N) is 1. The molecule has 9 nitrogen and oxygen atoms in total. The predicted molar refractivity (Wildman–Crippen MR) is 127 cm³/mol. The van der Waals surface area contributed by atoms with Gasteiger partial charge in [0.25, 0.3) is 12.9 Å².